The van der Waals surface area contributed by atoms with Gasteiger partial charge in [-0.15, -0.1) is 12.4 Å². The molecule has 1 aromatic heterocycles. The minimum absolute atomic E-state index is 0. The van der Waals surface area contributed by atoms with E-state index in [-0.39, 0.29) is 18.2 Å². The molecule has 0 bridgehead atoms. The Morgan fingerprint density at radius 1 is 1.32 bits per heavy atom. The molecule has 1 fully saturated rings. The van der Waals surface area contributed by atoms with Crippen LogP contribution in [0, 0.1) is 11.7 Å². The minimum Gasteiger partial charge on any atom is -0.334 e. The van der Waals surface area contributed by atoms with Gasteiger partial charge >= 0.3 is 0 Å². The lowest BCUT2D eigenvalue weighted by atomic mass is 10.1. The highest BCUT2D eigenvalue weighted by Gasteiger charge is 2.18. The van der Waals surface area contributed by atoms with Crippen LogP contribution in [0.15, 0.2) is 28.8 Å². The van der Waals surface area contributed by atoms with Crippen LogP contribution in [0.5, 0.6) is 0 Å². The minimum atomic E-state index is -0.268. The summed E-state index contributed by atoms with van der Waals surface area (Å²) in [5.41, 5.74) is 0.750. The molecule has 0 aliphatic carbocycles. The average molecular weight is 284 g/mol. The molecule has 102 valence electrons. The Kier molecular flexibility index (Phi) is 4.50. The molecule has 0 saturated carbocycles. The van der Waals surface area contributed by atoms with Crippen LogP contribution in [0.3, 0.4) is 0 Å². The number of halogens is 2. The first kappa shape index (κ1) is 14.0. The van der Waals surface area contributed by atoms with Crippen molar-refractivity contribution in [3.05, 3.63) is 35.9 Å². The quantitative estimate of drug-likeness (QED) is 0.940. The summed E-state index contributed by atoms with van der Waals surface area (Å²) in [7, 11) is 0. The molecule has 1 aliphatic rings. The van der Waals surface area contributed by atoms with Crippen LogP contribution in [0.25, 0.3) is 11.5 Å². The highest BCUT2D eigenvalue weighted by molar-refractivity contribution is 5.85. The van der Waals surface area contributed by atoms with E-state index in [2.05, 4.69) is 15.5 Å². The van der Waals surface area contributed by atoms with Crippen LogP contribution < -0.4 is 5.32 Å². The van der Waals surface area contributed by atoms with E-state index in [9.17, 15) is 4.39 Å². The fourth-order valence-corrected chi connectivity index (χ4v) is 2.19. The number of hydrogen-bond donors (Lipinski definition) is 1. The molecule has 1 saturated heterocycles. The molecule has 1 atom stereocenters. The number of rotatable bonds is 3. The Morgan fingerprint density at radius 3 is 2.79 bits per heavy atom. The largest absolute Gasteiger partial charge is 0.334 e. The molecule has 4 nitrogen and oxygen atoms in total. The van der Waals surface area contributed by atoms with E-state index >= 15 is 0 Å². The Hall–Kier alpha value is -1.46. The second-order valence-corrected chi connectivity index (χ2v) is 4.59. The molecular weight excluding hydrogens is 269 g/mol. The molecule has 1 N–H and O–H groups in total. The SMILES string of the molecule is Cl.Fc1ccc(-c2nc(CC3CCNC3)no2)cc1. The van der Waals surface area contributed by atoms with Crippen LogP contribution in [0.1, 0.15) is 12.2 Å². The van der Waals surface area contributed by atoms with Crippen LogP contribution in [0.2, 0.25) is 0 Å². The van der Waals surface area contributed by atoms with Crippen LogP contribution in [-0.4, -0.2) is 23.2 Å². The molecule has 0 spiro atoms. The molecule has 6 heteroatoms. The zero-order valence-electron chi connectivity index (χ0n) is 10.3. The Labute approximate surface area is 116 Å². The van der Waals surface area contributed by atoms with E-state index < -0.39 is 0 Å². The van der Waals surface area contributed by atoms with E-state index in [0.29, 0.717) is 11.8 Å². The standard InChI is InChI=1S/C13H14FN3O.ClH/c14-11-3-1-10(2-4-11)13-16-12(17-18-13)7-9-5-6-15-8-9;/h1-4,9,15H,5-8H2;1H. The van der Waals surface area contributed by atoms with Crippen molar-refractivity contribution in [3.63, 3.8) is 0 Å². The summed E-state index contributed by atoms with van der Waals surface area (Å²) in [6.07, 6.45) is 1.98. The van der Waals surface area contributed by atoms with Crippen LogP contribution in [-0.2, 0) is 6.42 Å². The van der Waals surface area contributed by atoms with Gasteiger partial charge in [0.1, 0.15) is 5.82 Å². The zero-order chi connectivity index (χ0) is 12.4. The highest BCUT2D eigenvalue weighted by Crippen LogP contribution is 2.19. The van der Waals surface area contributed by atoms with Crippen molar-refractivity contribution in [2.45, 2.75) is 12.8 Å². The Morgan fingerprint density at radius 2 is 2.11 bits per heavy atom. The first-order chi connectivity index (χ1) is 8.81. The van der Waals surface area contributed by atoms with Gasteiger partial charge in [0.2, 0.25) is 0 Å². The number of hydrogen-bond acceptors (Lipinski definition) is 4. The van der Waals surface area contributed by atoms with Crippen molar-refractivity contribution in [1.82, 2.24) is 15.5 Å². The lowest BCUT2D eigenvalue weighted by Crippen LogP contribution is -2.11. The Bertz CT molecular complexity index is 523. The van der Waals surface area contributed by atoms with Crippen molar-refractivity contribution in [1.29, 1.82) is 0 Å². The van der Waals surface area contributed by atoms with Crippen molar-refractivity contribution in [2.24, 2.45) is 5.92 Å². The first-order valence-electron chi connectivity index (χ1n) is 6.10. The summed E-state index contributed by atoms with van der Waals surface area (Å²) >= 11 is 0. The van der Waals surface area contributed by atoms with Gasteiger partial charge in [-0.2, -0.15) is 4.98 Å². The average Bonchev–Trinajstić information content (AvgIpc) is 3.02. The van der Waals surface area contributed by atoms with Crippen LogP contribution in [0.4, 0.5) is 4.39 Å². The second kappa shape index (κ2) is 6.12. The van der Waals surface area contributed by atoms with Gasteiger partial charge in [0.05, 0.1) is 0 Å². The lowest BCUT2D eigenvalue weighted by Gasteiger charge is -2.01. The molecule has 3 rings (SSSR count). The molecule has 19 heavy (non-hydrogen) atoms. The van der Waals surface area contributed by atoms with Crippen molar-refractivity contribution in [3.8, 4) is 11.5 Å². The zero-order valence-corrected chi connectivity index (χ0v) is 11.1. The monoisotopic (exact) mass is 283 g/mol. The van der Waals surface area contributed by atoms with Crippen molar-refractivity contribution in [2.75, 3.05) is 13.1 Å². The van der Waals surface area contributed by atoms with Gasteiger partial charge in [-0.05, 0) is 49.7 Å². The van der Waals surface area contributed by atoms with Gasteiger partial charge in [-0.1, -0.05) is 5.16 Å². The van der Waals surface area contributed by atoms with Gasteiger partial charge in [0.25, 0.3) is 5.89 Å². The Balaban J connectivity index is 0.00000133. The van der Waals surface area contributed by atoms with E-state index in [1.165, 1.54) is 12.1 Å². The topological polar surface area (TPSA) is 51.0 Å². The maximum atomic E-state index is 12.8. The molecule has 2 aromatic rings. The lowest BCUT2D eigenvalue weighted by molar-refractivity contribution is 0.415. The summed E-state index contributed by atoms with van der Waals surface area (Å²) in [5, 5.41) is 7.28. The molecule has 0 radical (unpaired) electrons. The third kappa shape index (κ3) is 3.30. The molecule has 1 aliphatic heterocycles. The van der Waals surface area contributed by atoms with Crippen molar-refractivity contribution < 1.29 is 8.91 Å². The fraction of sp³-hybridized carbons (Fsp3) is 0.385. The van der Waals surface area contributed by atoms with Gasteiger partial charge in [0, 0.05) is 12.0 Å². The number of benzene rings is 1. The van der Waals surface area contributed by atoms with Gasteiger partial charge in [0.15, 0.2) is 5.82 Å². The molecule has 1 aromatic carbocycles. The van der Waals surface area contributed by atoms with Crippen LogP contribution >= 0.6 is 12.4 Å². The first-order valence-corrected chi connectivity index (χ1v) is 6.10. The normalized spacial score (nSPS) is 18.3. The van der Waals surface area contributed by atoms with E-state index in [1.54, 1.807) is 12.1 Å². The summed E-state index contributed by atoms with van der Waals surface area (Å²) in [4.78, 5) is 4.35. The summed E-state index contributed by atoms with van der Waals surface area (Å²) in [6, 6.07) is 6.06. The van der Waals surface area contributed by atoms with E-state index in [4.69, 9.17) is 4.52 Å². The van der Waals surface area contributed by atoms with Gasteiger partial charge in [-0.25, -0.2) is 4.39 Å². The summed E-state index contributed by atoms with van der Waals surface area (Å²) in [5.74, 6) is 1.50. The van der Waals surface area contributed by atoms with E-state index in [1.807, 2.05) is 0 Å². The molecule has 0 amide bonds. The fourth-order valence-electron chi connectivity index (χ4n) is 2.19. The summed E-state index contributed by atoms with van der Waals surface area (Å²) < 4.78 is 18.0. The maximum Gasteiger partial charge on any atom is 0.257 e. The third-order valence-corrected chi connectivity index (χ3v) is 3.19. The smallest absolute Gasteiger partial charge is 0.257 e. The van der Waals surface area contributed by atoms with E-state index in [0.717, 1.165) is 37.3 Å². The molecule has 2 heterocycles. The molecule has 1 unspecified atom stereocenters. The highest BCUT2D eigenvalue weighted by atomic mass is 35.5. The van der Waals surface area contributed by atoms with Crippen molar-refractivity contribution >= 4 is 12.4 Å². The number of nitrogens with one attached hydrogen (secondary N) is 1. The number of nitrogens with zero attached hydrogens (tertiary/aromatic N) is 2. The number of aromatic nitrogens is 2. The summed E-state index contributed by atoms with van der Waals surface area (Å²) in [6.45, 7) is 2.08. The van der Waals surface area contributed by atoms with Gasteiger partial charge < -0.3 is 9.84 Å². The predicted molar refractivity (Wildman–Crippen MR) is 71.6 cm³/mol. The van der Waals surface area contributed by atoms with Gasteiger partial charge in [-0.3, -0.25) is 0 Å². The second-order valence-electron chi connectivity index (χ2n) is 4.59. The predicted octanol–water partition coefficient (Wildman–Crippen LogP) is 2.45. The third-order valence-electron chi connectivity index (χ3n) is 3.19. The molecular formula is C13H15ClFN3O. The maximum absolute atomic E-state index is 12.8.